The van der Waals surface area contributed by atoms with Crippen LogP contribution in [0.2, 0.25) is 0 Å². The molecule has 9 heteroatoms. The number of thiazole rings is 1. The van der Waals surface area contributed by atoms with Crippen molar-refractivity contribution in [2.45, 2.75) is 33.4 Å². The second kappa shape index (κ2) is 7.69. The average Bonchev–Trinajstić information content (AvgIpc) is 3.06. The van der Waals surface area contributed by atoms with Crippen LogP contribution in [0.5, 0.6) is 0 Å². The minimum atomic E-state index is -4.26. The van der Waals surface area contributed by atoms with Crippen LogP contribution in [0.25, 0.3) is 9.53 Å². The number of amides is 1. The van der Waals surface area contributed by atoms with E-state index in [1.165, 1.54) is 27.6 Å². The third kappa shape index (κ3) is 4.38. The Morgan fingerprint density at radius 1 is 1.17 bits per heavy atom. The van der Waals surface area contributed by atoms with Gasteiger partial charge in [-0.2, -0.15) is 13.2 Å². The van der Waals surface area contributed by atoms with Crippen molar-refractivity contribution in [2.24, 2.45) is 0 Å². The third-order valence-corrected chi connectivity index (χ3v) is 5.87. The summed E-state index contributed by atoms with van der Waals surface area (Å²) in [5.74, 6) is -0.360. The Kier molecular flexibility index (Phi) is 6.08. The van der Waals surface area contributed by atoms with Crippen LogP contribution in [0.4, 0.5) is 18.3 Å². The first kappa shape index (κ1) is 19.0. The first-order valence-corrected chi connectivity index (χ1v) is 9.43. The Balaban J connectivity index is 2.15. The third-order valence-electron chi connectivity index (χ3n) is 3.66. The van der Waals surface area contributed by atoms with Gasteiger partial charge in [-0.15, -0.1) is 11.3 Å². The number of carbonyl (C=O) groups excluding carboxylic acids is 1. The first-order chi connectivity index (χ1) is 11.3. The number of hydrogen-bond acceptors (Lipinski definition) is 5. The molecule has 24 heavy (non-hydrogen) atoms. The summed E-state index contributed by atoms with van der Waals surface area (Å²) in [6, 6.07) is 1.74. The highest BCUT2D eigenvalue weighted by Gasteiger charge is 2.29. The zero-order valence-electron chi connectivity index (χ0n) is 13.8. The normalized spacial score (nSPS) is 11.9. The maximum absolute atomic E-state index is 12.4. The largest absolute Gasteiger partial charge is 0.390 e. The van der Waals surface area contributed by atoms with Crippen LogP contribution in [0.1, 0.15) is 36.9 Å². The summed E-state index contributed by atoms with van der Waals surface area (Å²) < 4.78 is 38.0. The number of hydrogen-bond donors (Lipinski definition) is 0. The summed E-state index contributed by atoms with van der Waals surface area (Å²) in [4.78, 5) is 21.5. The standard InChI is InChI=1S/C15H20F3N3OS2/c1-4-20(5-2)14-19-12-10(24-14)9-11(23-12)13(22)21(6-3)8-7-15(16,17)18/h9H,4-8H2,1-3H3. The van der Waals surface area contributed by atoms with Crippen LogP contribution in [-0.4, -0.2) is 48.1 Å². The predicted molar refractivity (Wildman–Crippen MR) is 93.3 cm³/mol. The van der Waals surface area contributed by atoms with Crippen molar-refractivity contribution >= 4 is 43.2 Å². The molecule has 0 aliphatic heterocycles. The molecule has 0 saturated carbocycles. The molecule has 0 saturated heterocycles. The lowest BCUT2D eigenvalue weighted by Crippen LogP contribution is -2.33. The van der Waals surface area contributed by atoms with E-state index in [2.05, 4.69) is 9.88 Å². The van der Waals surface area contributed by atoms with Gasteiger partial charge in [-0.05, 0) is 26.8 Å². The Labute approximate surface area is 146 Å². The van der Waals surface area contributed by atoms with Crippen LogP contribution in [0.3, 0.4) is 0 Å². The van der Waals surface area contributed by atoms with Crippen molar-refractivity contribution in [1.82, 2.24) is 9.88 Å². The molecule has 2 rings (SSSR count). The van der Waals surface area contributed by atoms with Gasteiger partial charge in [0, 0.05) is 26.2 Å². The van der Waals surface area contributed by atoms with Crippen molar-refractivity contribution < 1.29 is 18.0 Å². The van der Waals surface area contributed by atoms with Gasteiger partial charge in [-0.1, -0.05) is 11.3 Å². The van der Waals surface area contributed by atoms with Crippen molar-refractivity contribution in [2.75, 3.05) is 31.1 Å². The fraction of sp³-hybridized carbons (Fsp3) is 0.600. The van der Waals surface area contributed by atoms with Crippen LogP contribution >= 0.6 is 22.7 Å². The minimum absolute atomic E-state index is 0.249. The molecule has 4 nitrogen and oxygen atoms in total. The summed E-state index contributed by atoms with van der Waals surface area (Å²) in [5, 5.41) is 0.907. The van der Waals surface area contributed by atoms with Gasteiger partial charge in [0.05, 0.1) is 16.0 Å². The van der Waals surface area contributed by atoms with E-state index in [-0.39, 0.29) is 19.0 Å². The molecular weight excluding hydrogens is 359 g/mol. The number of aromatic nitrogens is 1. The van der Waals surface area contributed by atoms with Crippen molar-refractivity contribution in [3.63, 3.8) is 0 Å². The molecule has 0 aliphatic carbocycles. The lowest BCUT2D eigenvalue weighted by atomic mass is 10.3. The number of nitrogens with zero attached hydrogens (tertiary/aromatic N) is 3. The fourth-order valence-electron chi connectivity index (χ4n) is 2.28. The smallest absolute Gasteiger partial charge is 0.349 e. The SMILES string of the molecule is CCN(CCC(F)(F)F)C(=O)c1cc2sc(N(CC)CC)nc2s1. The molecule has 2 heterocycles. The van der Waals surface area contributed by atoms with E-state index in [0.717, 1.165) is 27.8 Å². The lowest BCUT2D eigenvalue weighted by Gasteiger charge is -2.20. The van der Waals surface area contributed by atoms with E-state index < -0.39 is 12.6 Å². The zero-order chi connectivity index (χ0) is 17.9. The highest BCUT2D eigenvalue weighted by Crippen LogP contribution is 2.35. The summed E-state index contributed by atoms with van der Waals surface area (Å²) in [6.45, 7) is 7.41. The summed E-state index contributed by atoms with van der Waals surface area (Å²) in [7, 11) is 0. The topological polar surface area (TPSA) is 36.4 Å². The lowest BCUT2D eigenvalue weighted by molar-refractivity contribution is -0.136. The number of carbonyl (C=O) groups is 1. The molecule has 0 radical (unpaired) electrons. The second-order valence-corrected chi connectivity index (χ2v) is 7.24. The van der Waals surface area contributed by atoms with Crippen molar-refractivity contribution in [3.8, 4) is 0 Å². The molecule has 0 fully saturated rings. The Morgan fingerprint density at radius 2 is 1.83 bits per heavy atom. The van der Waals surface area contributed by atoms with Gasteiger partial charge >= 0.3 is 6.18 Å². The molecule has 0 atom stereocenters. The first-order valence-electron chi connectivity index (χ1n) is 7.80. The number of anilines is 1. The molecule has 134 valence electrons. The predicted octanol–water partition coefficient (Wildman–Crippen LogP) is 4.62. The van der Waals surface area contributed by atoms with Crippen molar-refractivity contribution in [3.05, 3.63) is 10.9 Å². The van der Waals surface area contributed by atoms with Gasteiger partial charge in [0.25, 0.3) is 5.91 Å². The van der Waals surface area contributed by atoms with Crippen molar-refractivity contribution in [1.29, 1.82) is 0 Å². The minimum Gasteiger partial charge on any atom is -0.349 e. The number of thiophene rings is 1. The number of alkyl halides is 3. The maximum Gasteiger partial charge on any atom is 0.390 e. The van der Waals surface area contributed by atoms with E-state index in [4.69, 9.17) is 0 Å². The number of fused-ring (bicyclic) bond motifs is 1. The van der Waals surface area contributed by atoms with Crippen LogP contribution in [0, 0.1) is 0 Å². The van der Waals surface area contributed by atoms with E-state index in [1.54, 1.807) is 13.0 Å². The Bertz CT molecular complexity index is 660. The van der Waals surface area contributed by atoms with Gasteiger partial charge in [0.2, 0.25) is 0 Å². The highest BCUT2D eigenvalue weighted by molar-refractivity contribution is 7.29. The molecule has 0 unspecified atom stereocenters. The fourth-order valence-corrected chi connectivity index (χ4v) is 4.59. The van der Waals surface area contributed by atoms with Gasteiger partial charge in [0.1, 0.15) is 4.83 Å². The molecule has 0 bridgehead atoms. The Morgan fingerprint density at radius 3 is 2.33 bits per heavy atom. The van der Waals surface area contributed by atoms with Gasteiger partial charge < -0.3 is 9.80 Å². The highest BCUT2D eigenvalue weighted by atomic mass is 32.1. The average molecular weight is 379 g/mol. The maximum atomic E-state index is 12.4. The summed E-state index contributed by atoms with van der Waals surface area (Å²) >= 11 is 2.75. The van der Waals surface area contributed by atoms with E-state index in [9.17, 15) is 18.0 Å². The van der Waals surface area contributed by atoms with Gasteiger partial charge in [-0.3, -0.25) is 4.79 Å². The van der Waals surface area contributed by atoms with E-state index in [1.807, 2.05) is 13.8 Å². The van der Waals surface area contributed by atoms with Gasteiger partial charge in [0.15, 0.2) is 5.13 Å². The zero-order valence-corrected chi connectivity index (χ0v) is 15.4. The number of halogens is 3. The monoisotopic (exact) mass is 379 g/mol. The second-order valence-electron chi connectivity index (χ2n) is 5.20. The molecule has 0 spiro atoms. The Hall–Kier alpha value is -1.35. The molecule has 1 amide bonds. The number of rotatable bonds is 7. The van der Waals surface area contributed by atoms with Crippen LogP contribution in [-0.2, 0) is 0 Å². The molecule has 0 N–H and O–H groups in total. The van der Waals surface area contributed by atoms with Gasteiger partial charge in [-0.25, -0.2) is 4.98 Å². The van der Waals surface area contributed by atoms with Crippen LogP contribution < -0.4 is 4.90 Å². The van der Waals surface area contributed by atoms with E-state index in [0.29, 0.717) is 4.88 Å². The summed E-state index contributed by atoms with van der Waals surface area (Å²) in [5.41, 5.74) is 0. The molecule has 2 aromatic rings. The van der Waals surface area contributed by atoms with E-state index >= 15 is 0 Å². The molecule has 2 aromatic heterocycles. The molecular formula is C15H20F3N3OS2. The molecule has 0 aliphatic rings. The summed E-state index contributed by atoms with van der Waals surface area (Å²) in [6.07, 6.45) is -5.25. The molecule has 0 aromatic carbocycles. The van der Waals surface area contributed by atoms with Crippen LogP contribution in [0.15, 0.2) is 6.07 Å². The quantitative estimate of drug-likeness (QED) is 0.704.